The van der Waals surface area contributed by atoms with E-state index in [0.29, 0.717) is 43.4 Å². The molecule has 1 aromatic heterocycles. The third-order valence-corrected chi connectivity index (χ3v) is 13.2. The van der Waals surface area contributed by atoms with Crippen LogP contribution in [-0.2, 0) is 43.5 Å². The van der Waals surface area contributed by atoms with Crippen molar-refractivity contribution in [1.82, 2.24) is 30.1 Å². The number of esters is 1. The van der Waals surface area contributed by atoms with E-state index in [1.807, 2.05) is 0 Å². The Bertz CT molecular complexity index is 2170. The molecule has 4 heterocycles. The predicted molar refractivity (Wildman–Crippen MR) is 209 cm³/mol. The molecule has 7 atom stereocenters. The number of carbonyl (C=O) groups excluding carboxylic acids is 6. The molecule has 2 aliphatic carbocycles. The van der Waals surface area contributed by atoms with Crippen LogP contribution < -0.4 is 24.8 Å². The minimum atomic E-state index is -3.96. The lowest BCUT2D eigenvalue weighted by molar-refractivity contribution is -0.147. The first-order valence-corrected chi connectivity index (χ1v) is 21.4. The number of nitrogens with zero attached hydrogens (tertiary/aromatic N) is 3. The van der Waals surface area contributed by atoms with E-state index in [-0.39, 0.29) is 44.2 Å². The van der Waals surface area contributed by atoms with Crippen LogP contribution in [0.25, 0.3) is 10.8 Å². The summed E-state index contributed by atoms with van der Waals surface area (Å²) in [7, 11) is -2.42. The molecule has 5 fully saturated rings. The maximum atomic E-state index is 14.7. The molecule has 3 aliphatic heterocycles. The van der Waals surface area contributed by atoms with Crippen LogP contribution in [0.4, 0.5) is 4.79 Å². The molecule has 3 N–H and O–H groups in total. The van der Waals surface area contributed by atoms with Crippen LogP contribution in [-0.4, -0.2) is 126 Å². The Hall–Kier alpha value is -5.46. The molecule has 0 radical (unpaired) electrons. The average molecular weight is 839 g/mol. The van der Waals surface area contributed by atoms with Gasteiger partial charge in [0.05, 0.1) is 18.9 Å². The van der Waals surface area contributed by atoms with Gasteiger partial charge in [-0.05, 0) is 76.1 Å². The molecule has 1 aromatic carbocycles. The molecule has 5 amide bonds. The fourth-order valence-electron chi connectivity index (χ4n) is 8.02. The van der Waals surface area contributed by atoms with Gasteiger partial charge >= 0.3 is 12.1 Å². The van der Waals surface area contributed by atoms with Crippen molar-refractivity contribution in [2.24, 2.45) is 5.92 Å². The van der Waals surface area contributed by atoms with Crippen molar-refractivity contribution in [3.05, 3.63) is 43.1 Å². The lowest BCUT2D eigenvalue weighted by Gasteiger charge is -2.32. The molecule has 5 aliphatic rings. The zero-order valence-corrected chi connectivity index (χ0v) is 34.2. The van der Waals surface area contributed by atoms with Crippen LogP contribution in [0.1, 0.15) is 72.1 Å². The number of hydrogen-bond acceptors (Lipinski definition) is 13. The summed E-state index contributed by atoms with van der Waals surface area (Å²) in [5.74, 6) is -3.06. The standard InChI is InChI=1S/C40H50N6O12S/c1-6-23-20-40(23,37(51)44-59(53,54)27-8-9-27)43-33(48)30-19-26(56-34-28-10-7-24(55-5)17-22(28)13-15-41-34)21-46(30)35(49)29(42-38(52)58-39(2,3)4)11-12-32(47)45-16-14-25-18-31(45)36(50)57-25/h6-7,10,13,15,17,23,25-27,29-31H,1,8-9,11-12,14,16,18-21H2,2-5H3,(H,42,52)(H,43,48)(H,44,51)/t23-,25+,26?,29+,30+,31-,40-/m1/s1. The first-order chi connectivity index (χ1) is 27.9. The molecule has 59 heavy (non-hydrogen) atoms. The number of methoxy groups -OCH3 is 1. The van der Waals surface area contributed by atoms with E-state index in [4.69, 9.17) is 18.9 Å². The smallest absolute Gasteiger partial charge is 0.408 e. The lowest BCUT2D eigenvalue weighted by atomic mass is 10.0. The van der Waals surface area contributed by atoms with Crippen LogP contribution >= 0.6 is 0 Å². The first-order valence-electron chi connectivity index (χ1n) is 19.8. The minimum absolute atomic E-state index is 0.0783. The normalized spacial score (nSPS) is 26.6. The summed E-state index contributed by atoms with van der Waals surface area (Å²) in [6.07, 6.45) is 2.23. The second kappa shape index (κ2) is 16.0. The highest BCUT2D eigenvalue weighted by molar-refractivity contribution is 7.91. The fourth-order valence-corrected chi connectivity index (χ4v) is 9.39. The molecule has 2 bridgehead atoms. The molecule has 18 nitrogen and oxygen atoms in total. The summed E-state index contributed by atoms with van der Waals surface area (Å²) in [4.78, 5) is 89.0. The predicted octanol–water partition coefficient (Wildman–Crippen LogP) is 1.85. The molecular formula is C40H50N6O12S. The SMILES string of the molecule is C=C[C@@H]1C[C@]1(NC(=O)[C@@H]1CC(Oc2nccc3cc(OC)ccc23)CN1C(=O)[C@H](CCC(=O)N1CC[C@H]2C[C@@H]1C(=O)O2)NC(=O)OC(C)(C)C)C(=O)NS(=O)(=O)C1CC1. The van der Waals surface area contributed by atoms with Crippen molar-refractivity contribution < 1.29 is 56.1 Å². The van der Waals surface area contributed by atoms with E-state index in [0.717, 1.165) is 5.39 Å². The number of carbonyl (C=O) groups is 6. The molecule has 3 saturated heterocycles. The summed E-state index contributed by atoms with van der Waals surface area (Å²) >= 11 is 0. The van der Waals surface area contributed by atoms with Gasteiger partial charge in [0.1, 0.15) is 47.2 Å². The number of alkyl carbamates (subject to hydrolysis) is 1. The molecule has 19 heteroatoms. The maximum Gasteiger partial charge on any atom is 0.408 e. The number of ether oxygens (including phenoxy) is 4. The molecule has 2 aromatic rings. The summed E-state index contributed by atoms with van der Waals surface area (Å²) in [5, 5.41) is 6.04. The number of sulfonamides is 1. The number of piperidine rings is 1. The number of rotatable bonds is 14. The molecule has 1 unspecified atom stereocenters. The number of aromatic nitrogens is 1. The summed E-state index contributed by atoms with van der Waals surface area (Å²) in [6, 6.07) is 3.68. The Kier molecular flexibility index (Phi) is 11.3. The first kappa shape index (κ1) is 41.7. The van der Waals surface area contributed by atoms with Crippen molar-refractivity contribution >= 4 is 56.5 Å². The maximum absolute atomic E-state index is 14.7. The third-order valence-electron chi connectivity index (χ3n) is 11.4. The van der Waals surface area contributed by atoms with Gasteiger partial charge < -0.3 is 39.4 Å². The Labute approximate surface area is 341 Å². The highest BCUT2D eigenvalue weighted by Gasteiger charge is 2.62. The number of pyridine rings is 1. The van der Waals surface area contributed by atoms with E-state index in [2.05, 4.69) is 26.9 Å². The van der Waals surface area contributed by atoms with Crippen molar-refractivity contribution in [3.63, 3.8) is 0 Å². The third kappa shape index (κ3) is 8.94. The van der Waals surface area contributed by atoms with E-state index in [1.165, 1.54) is 15.9 Å². The van der Waals surface area contributed by atoms with Gasteiger partial charge in [0, 0.05) is 49.7 Å². The molecule has 0 spiro atoms. The van der Waals surface area contributed by atoms with E-state index in [9.17, 15) is 37.2 Å². The second-order valence-electron chi connectivity index (χ2n) is 16.8. The van der Waals surface area contributed by atoms with Crippen molar-refractivity contribution in [3.8, 4) is 11.6 Å². The number of benzene rings is 1. The quantitative estimate of drug-likeness (QED) is 0.183. The lowest BCUT2D eigenvalue weighted by Crippen LogP contribution is -2.58. The summed E-state index contributed by atoms with van der Waals surface area (Å²) < 4.78 is 50.2. The van der Waals surface area contributed by atoms with E-state index < -0.39 is 92.3 Å². The van der Waals surface area contributed by atoms with Crippen LogP contribution in [0.5, 0.6) is 11.6 Å². The van der Waals surface area contributed by atoms with Crippen LogP contribution in [0.15, 0.2) is 43.1 Å². The minimum Gasteiger partial charge on any atom is -0.497 e. The average Bonchev–Trinajstić information content (AvgIpc) is 4.10. The van der Waals surface area contributed by atoms with E-state index >= 15 is 0 Å². The number of fused-ring (bicyclic) bond motifs is 3. The molecule has 7 rings (SSSR count). The van der Waals surface area contributed by atoms with Crippen molar-refractivity contribution in [2.45, 2.75) is 119 Å². The van der Waals surface area contributed by atoms with Gasteiger partial charge in [-0.3, -0.25) is 23.9 Å². The Morgan fingerprint density at radius 3 is 2.54 bits per heavy atom. The number of amides is 5. The van der Waals surface area contributed by atoms with Crippen LogP contribution in [0.3, 0.4) is 0 Å². The molecule has 2 saturated carbocycles. The number of nitrogens with one attached hydrogen (secondary N) is 3. The van der Waals surface area contributed by atoms with Crippen LogP contribution in [0, 0.1) is 5.92 Å². The fraction of sp³-hybridized carbons (Fsp3) is 0.575. The largest absolute Gasteiger partial charge is 0.497 e. The highest BCUT2D eigenvalue weighted by atomic mass is 32.2. The van der Waals surface area contributed by atoms with Gasteiger partial charge in [-0.15, -0.1) is 6.58 Å². The van der Waals surface area contributed by atoms with Crippen molar-refractivity contribution in [1.29, 1.82) is 0 Å². The topological polar surface area (TPSA) is 229 Å². The Morgan fingerprint density at radius 1 is 1.10 bits per heavy atom. The van der Waals surface area contributed by atoms with Gasteiger partial charge in [0.25, 0.3) is 5.91 Å². The van der Waals surface area contributed by atoms with Crippen LogP contribution in [0.2, 0.25) is 0 Å². The van der Waals surface area contributed by atoms with Gasteiger partial charge in [0.15, 0.2) is 0 Å². The summed E-state index contributed by atoms with van der Waals surface area (Å²) in [6.45, 7) is 8.82. The van der Waals surface area contributed by atoms with Gasteiger partial charge in [-0.1, -0.05) is 6.08 Å². The Balaban J connectivity index is 1.16. The zero-order chi connectivity index (χ0) is 42.4. The second-order valence-corrected chi connectivity index (χ2v) is 18.8. The zero-order valence-electron chi connectivity index (χ0n) is 33.4. The monoisotopic (exact) mass is 838 g/mol. The summed E-state index contributed by atoms with van der Waals surface area (Å²) in [5.41, 5.74) is -2.58. The Morgan fingerprint density at radius 2 is 1.86 bits per heavy atom. The highest BCUT2D eigenvalue weighted by Crippen LogP contribution is 2.45. The molecular weight excluding hydrogens is 789 g/mol. The van der Waals surface area contributed by atoms with Gasteiger partial charge in [-0.2, -0.15) is 0 Å². The van der Waals surface area contributed by atoms with E-state index in [1.54, 1.807) is 58.3 Å². The van der Waals surface area contributed by atoms with Crippen molar-refractivity contribution in [2.75, 3.05) is 20.2 Å². The number of hydrogen-bond donors (Lipinski definition) is 3. The number of likely N-dealkylation sites (tertiary alicyclic amines) is 2. The van der Waals surface area contributed by atoms with Gasteiger partial charge in [-0.25, -0.2) is 23.0 Å². The van der Waals surface area contributed by atoms with Gasteiger partial charge in [0.2, 0.25) is 33.6 Å². The molecule has 318 valence electrons.